The van der Waals surface area contributed by atoms with Crippen molar-refractivity contribution in [2.75, 3.05) is 46.2 Å². The molecule has 2 aliphatic heterocycles. The highest BCUT2D eigenvalue weighted by atomic mass is 32.2. The van der Waals surface area contributed by atoms with Crippen LogP contribution in [0.25, 0.3) is 0 Å². The van der Waals surface area contributed by atoms with Gasteiger partial charge in [0.2, 0.25) is 20.0 Å². The van der Waals surface area contributed by atoms with Gasteiger partial charge in [0.25, 0.3) is 0 Å². The maximum absolute atomic E-state index is 11.9. The van der Waals surface area contributed by atoms with Gasteiger partial charge in [-0.3, -0.25) is 19.2 Å². The standard InChI is InChI=1S/C29H32N6O5S3/c1-34-29(36)41-19-26(31-34)22-10-15-27-23(17-22)5-4-16-35(27)28(21-8-13-25(14-9-21)33-43(3,39)40)30-18-20-6-11-24(12-7-20)32-42(2,37)38/h6-15,17,32-33H,4-5,16,18-19H2,1-3H3/b30-28-. The highest BCUT2D eigenvalue weighted by molar-refractivity contribution is 8.14. The van der Waals surface area contributed by atoms with Gasteiger partial charge in [0.1, 0.15) is 5.84 Å². The number of thioether (sulfide) groups is 1. The Morgan fingerprint density at radius 1 is 0.930 bits per heavy atom. The zero-order valence-corrected chi connectivity index (χ0v) is 26.4. The number of hydrogen-bond donors (Lipinski definition) is 2. The second-order valence-electron chi connectivity index (χ2n) is 10.4. The summed E-state index contributed by atoms with van der Waals surface area (Å²) in [5.74, 6) is 1.25. The summed E-state index contributed by atoms with van der Waals surface area (Å²) in [6, 6.07) is 20.4. The van der Waals surface area contributed by atoms with Crippen LogP contribution in [-0.2, 0) is 33.0 Å². The zero-order chi connectivity index (χ0) is 30.8. The second kappa shape index (κ2) is 12.4. The van der Waals surface area contributed by atoms with Crippen LogP contribution in [0.3, 0.4) is 0 Å². The molecule has 43 heavy (non-hydrogen) atoms. The molecule has 0 saturated heterocycles. The van der Waals surface area contributed by atoms with Gasteiger partial charge in [0, 0.05) is 42.0 Å². The predicted octanol–water partition coefficient (Wildman–Crippen LogP) is 4.33. The van der Waals surface area contributed by atoms with Crippen LogP contribution >= 0.6 is 11.8 Å². The van der Waals surface area contributed by atoms with Crippen molar-refractivity contribution in [2.24, 2.45) is 10.1 Å². The third-order valence-corrected chi connectivity index (χ3v) is 8.91. The van der Waals surface area contributed by atoms with Crippen molar-refractivity contribution in [1.29, 1.82) is 0 Å². The Hall–Kier alpha value is -3.88. The number of carbonyl (C=O) groups is 1. The van der Waals surface area contributed by atoms with Crippen LogP contribution in [0.4, 0.5) is 21.9 Å². The average Bonchev–Trinajstić information content (AvgIpc) is 2.94. The van der Waals surface area contributed by atoms with Crippen LogP contribution in [0, 0.1) is 0 Å². The van der Waals surface area contributed by atoms with Gasteiger partial charge in [-0.15, -0.1) is 0 Å². The van der Waals surface area contributed by atoms with E-state index in [-0.39, 0.29) is 5.24 Å². The minimum atomic E-state index is -3.42. The van der Waals surface area contributed by atoms with E-state index in [9.17, 15) is 21.6 Å². The molecule has 0 radical (unpaired) electrons. The third kappa shape index (κ3) is 7.94. The van der Waals surface area contributed by atoms with Crippen molar-refractivity contribution in [3.05, 3.63) is 89.0 Å². The molecule has 11 nitrogen and oxygen atoms in total. The van der Waals surface area contributed by atoms with Crippen molar-refractivity contribution >= 4 is 65.7 Å². The van der Waals surface area contributed by atoms with Crippen LogP contribution in [-0.4, -0.2) is 70.5 Å². The topological polar surface area (TPSA) is 141 Å². The Morgan fingerprint density at radius 3 is 2.16 bits per heavy atom. The van der Waals surface area contributed by atoms with Crippen molar-refractivity contribution in [3.63, 3.8) is 0 Å². The first-order valence-corrected chi connectivity index (χ1v) is 18.2. The van der Waals surface area contributed by atoms with Crippen LogP contribution in [0.1, 0.15) is 28.7 Å². The highest BCUT2D eigenvalue weighted by Gasteiger charge is 2.25. The number of amidine groups is 1. The fraction of sp³-hybridized carbons (Fsp3) is 0.276. The van der Waals surface area contributed by atoms with E-state index in [0.717, 1.165) is 71.4 Å². The van der Waals surface area contributed by atoms with Gasteiger partial charge in [-0.2, -0.15) is 5.10 Å². The molecule has 3 aromatic rings. The van der Waals surface area contributed by atoms with E-state index in [1.807, 2.05) is 30.3 Å². The van der Waals surface area contributed by atoms with E-state index in [4.69, 9.17) is 4.99 Å². The summed E-state index contributed by atoms with van der Waals surface area (Å²) in [6.07, 6.45) is 3.99. The molecule has 1 amide bonds. The molecular weight excluding hydrogens is 609 g/mol. The van der Waals surface area contributed by atoms with Gasteiger partial charge in [0.05, 0.1) is 24.8 Å². The van der Waals surface area contributed by atoms with Crippen LogP contribution in [0.2, 0.25) is 0 Å². The summed E-state index contributed by atoms with van der Waals surface area (Å²) >= 11 is 1.23. The number of carbonyl (C=O) groups excluding carboxylic acids is 1. The SMILES string of the molecule is CN1N=C(c2ccc3c(c2)CCCN3/C(=N\Cc2ccc(NS(C)(=O)=O)cc2)c2ccc(NS(C)(=O)=O)cc2)CSC1=O. The fourth-order valence-corrected chi connectivity index (χ4v) is 6.75. The number of fused-ring (bicyclic) bond motifs is 1. The summed E-state index contributed by atoms with van der Waals surface area (Å²) in [7, 11) is -5.14. The van der Waals surface area contributed by atoms with Gasteiger partial charge in [0.15, 0.2) is 0 Å². The van der Waals surface area contributed by atoms with Gasteiger partial charge < -0.3 is 4.90 Å². The lowest BCUT2D eigenvalue weighted by atomic mass is 9.97. The third-order valence-electron chi connectivity index (χ3n) is 6.77. The number of sulfonamides is 2. The number of benzene rings is 3. The Labute approximate surface area is 256 Å². The Bertz CT molecular complexity index is 1810. The molecule has 0 unspecified atom stereocenters. The molecular formula is C29H32N6O5S3. The highest BCUT2D eigenvalue weighted by Crippen LogP contribution is 2.31. The number of aryl methyl sites for hydroxylation is 1. The van der Waals surface area contributed by atoms with Crippen molar-refractivity contribution in [1.82, 2.24) is 5.01 Å². The lowest BCUT2D eigenvalue weighted by Crippen LogP contribution is -2.36. The van der Waals surface area contributed by atoms with Gasteiger partial charge in [-0.1, -0.05) is 30.0 Å². The van der Waals surface area contributed by atoms with Crippen molar-refractivity contribution < 1.29 is 21.6 Å². The van der Waals surface area contributed by atoms with E-state index in [2.05, 4.69) is 31.6 Å². The molecule has 0 atom stereocenters. The number of rotatable bonds is 8. The van der Waals surface area contributed by atoms with Crippen LogP contribution < -0.4 is 14.3 Å². The zero-order valence-electron chi connectivity index (χ0n) is 23.9. The number of anilines is 3. The number of nitrogens with zero attached hydrogens (tertiary/aromatic N) is 4. The Kier molecular flexibility index (Phi) is 8.81. The minimum Gasteiger partial charge on any atom is -0.326 e. The number of nitrogens with one attached hydrogen (secondary N) is 2. The first kappa shape index (κ1) is 30.6. The molecule has 0 spiro atoms. The first-order chi connectivity index (χ1) is 20.3. The van der Waals surface area contributed by atoms with Crippen molar-refractivity contribution in [3.8, 4) is 0 Å². The number of hydrogen-bond acceptors (Lipinski definition) is 8. The summed E-state index contributed by atoms with van der Waals surface area (Å²) < 4.78 is 51.6. The molecule has 0 bridgehead atoms. The summed E-state index contributed by atoms with van der Waals surface area (Å²) in [5.41, 5.74) is 6.64. The first-order valence-electron chi connectivity index (χ1n) is 13.4. The summed E-state index contributed by atoms with van der Waals surface area (Å²) in [5, 5.41) is 5.75. The normalized spacial score (nSPS) is 16.0. The molecule has 0 fully saturated rings. The molecule has 2 aliphatic rings. The lowest BCUT2D eigenvalue weighted by Gasteiger charge is -2.33. The van der Waals surface area contributed by atoms with Crippen LogP contribution in [0.15, 0.2) is 76.8 Å². The predicted molar refractivity (Wildman–Crippen MR) is 174 cm³/mol. The minimum absolute atomic E-state index is 0.0761. The number of hydrazone groups is 1. The molecule has 2 N–H and O–H groups in total. The average molecular weight is 641 g/mol. The lowest BCUT2D eigenvalue weighted by molar-refractivity contribution is 0.235. The fourth-order valence-electron chi connectivity index (χ4n) is 4.90. The largest absolute Gasteiger partial charge is 0.326 e. The quantitative estimate of drug-likeness (QED) is 0.276. The second-order valence-corrected chi connectivity index (χ2v) is 14.8. The molecule has 3 aromatic carbocycles. The smallest absolute Gasteiger partial charge is 0.301 e. The molecule has 0 aliphatic carbocycles. The molecule has 0 aromatic heterocycles. The molecule has 5 rings (SSSR count). The van der Waals surface area contributed by atoms with E-state index < -0.39 is 20.0 Å². The summed E-state index contributed by atoms with van der Waals surface area (Å²) in [6.45, 7) is 1.08. The monoisotopic (exact) mass is 640 g/mol. The van der Waals surface area contributed by atoms with Gasteiger partial charge in [-0.05, 0) is 78.1 Å². The molecule has 14 heteroatoms. The Morgan fingerprint density at radius 2 is 1.56 bits per heavy atom. The van der Waals surface area contributed by atoms with E-state index in [0.29, 0.717) is 23.7 Å². The summed E-state index contributed by atoms with van der Waals surface area (Å²) in [4.78, 5) is 19.1. The maximum Gasteiger partial charge on any atom is 0.301 e. The Balaban J connectivity index is 1.48. The van der Waals surface area contributed by atoms with Crippen LogP contribution in [0.5, 0.6) is 0 Å². The number of amides is 1. The molecule has 0 saturated carbocycles. The van der Waals surface area contributed by atoms with E-state index >= 15 is 0 Å². The van der Waals surface area contributed by atoms with Crippen molar-refractivity contribution in [2.45, 2.75) is 19.4 Å². The maximum atomic E-state index is 11.9. The molecule has 2 heterocycles. The van der Waals surface area contributed by atoms with Gasteiger partial charge in [-0.25, -0.2) is 21.8 Å². The van der Waals surface area contributed by atoms with E-state index in [1.165, 1.54) is 16.8 Å². The number of aliphatic imine (C=N–C) groups is 1. The van der Waals surface area contributed by atoms with Gasteiger partial charge >= 0.3 is 5.24 Å². The molecule has 226 valence electrons. The van der Waals surface area contributed by atoms with E-state index in [1.54, 1.807) is 31.3 Å².